The first kappa shape index (κ1) is 17.3. The van der Waals surface area contributed by atoms with Gasteiger partial charge in [-0.25, -0.2) is 0 Å². The largest absolute Gasteiger partial charge is 0.495 e. The van der Waals surface area contributed by atoms with Gasteiger partial charge in [0.25, 0.3) is 11.8 Å². The number of anilines is 1. The normalized spacial score (nSPS) is 10.2. The molecule has 6 nitrogen and oxygen atoms in total. The molecule has 0 heterocycles. The van der Waals surface area contributed by atoms with Gasteiger partial charge in [-0.2, -0.15) is 0 Å². The molecular formula is C20H19N3O3. The maximum atomic E-state index is 12.4. The smallest absolute Gasteiger partial charge is 0.270 e. The number of carbonyl (C=O) groups excluding carboxylic acids is 2. The maximum Gasteiger partial charge on any atom is 0.270 e. The minimum absolute atomic E-state index is 0.00378. The number of hydrazine groups is 1. The van der Waals surface area contributed by atoms with Crippen LogP contribution in [0, 0.1) is 0 Å². The second-order valence-electron chi connectivity index (χ2n) is 5.58. The Morgan fingerprint density at radius 1 is 0.885 bits per heavy atom. The van der Waals surface area contributed by atoms with Crippen molar-refractivity contribution in [2.24, 2.45) is 0 Å². The van der Waals surface area contributed by atoms with Crippen molar-refractivity contribution in [1.29, 1.82) is 0 Å². The third-order valence-corrected chi connectivity index (χ3v) is 3.90. The van der Waals surface area contributed by atoms with Gasteiger partial charge in [-0.15, -0.1) is 0 Å². The summed E-state index contributed by atoms with van der Waals surface area (Å²) in [5, 5.41) is 4.76. The topological polar surface area (TPSA) is 79.5 Å². The molecule has 0 aliphatic carbocycles. The van der Waals surface area contributed by atoms with Gasteiger partial charge < -0.3 is 10.1 Å². The molecule has 0 atom stereocenters. The molecule has 3 aromatic rings. The van der Waals surface area contributed by atoms with Crippen LogP contribution in [-0.4, -0.2) is 25.5 Å². The average Bonchev–Trinajstić information content (AvgIpc) is 2.70. The van der Waals surface area contributed by atoms with Crippen molar-refractivity contribution in [2.45, 2.75) is 0 Å². The third kappa shape index (κ3) is 3.92. The highest BCUT2D eigenvalue weighted by molar-refractivity contribution is 6.07. The van der Waals surface area contributed by atoms with E-state index in [4.69, 9.17) is 4.74 Å². The van der Waals surface area contributed by atoms with Crippen LogP contribution in [0.2, 0.25) is 0 Å². The highest BCUT2D eigenvalue weighted by atomic mass is 16.5. The number of carbonyl (C=O) groups is 2. The van der Waals surface area contributed by atoms with Crippen LogP contribution in [0.3, 0.4) is 0 Å². The second-order valence-corrected chi connectivity index (χ2v) is 5.58. The van der Waals surface area contributed by atoms with E-state index in [0.717, 1.165) is 10.8 Å². The fourth-order valence-electron chi connectivity index (χ4n) is 2.63. The van der Waals surface area contributed by atoms with E-state index in [1.807, 2.05) is 48.5 Å². The van der Waals surface area contributed by atoms with Gasteiger partial charge in [0.05, 0.1) is 19.3 Å². The Balaban J connectivity index is 1.58. The van der Waals surface area contributed by atoms with Crippen molar-refractivity contribution < 1.29 is 14.3 Å². The highest BCUT2D eigenvalue weighted by Crippen LogP contribution is 2.22. The summed E-state index contributed by atoms with van der Waals surface area (Å²) >= 11 is 0. The summed E-state index contributed by atoms with van der Waals surface area (Å²) in [6.07, 6.45) is 0. The molecule has 132 valence electrons. The van der Waals surface area contributed by atoms with Gasteiger partial charge in [0.1, 0.15) is 5.75 Å². The zero-order chi connectivity index (χ0) is 18.4. The van der Waals surface area contributed by atoms with Crippen molar-refractivity contribution in [3.05, 3.63) is 72.3 Å². The Kier molecular flexibility index (Phi) is 5.34. The van der Waals surface area contributed by atoms with E-state index >= 15 is 0 Å². The molecule has 0 bridgehead atoms. The summed E-state index contributed by atoms with van der Waals surface area (Å²) in [6, 6.07) is 20.3. The summed E-state index contributed by atoms with van der Waals surface area (Å²) in [7, 11) is 1.56. The van der Waals surface area contributed by atoms with Crippen LogP contribution in [0.1, 0.15) is 10.4 Å². The minimum Gasteiger partial charge on any atom is -0.495 e. The molecule has 6 heteroatoms. The lowest BCUT2D eigenvalue weighted by Crippen LogP contribution is -2.44. The number of ether oxygens (including phenoxy) is 1. The molecule has 0 fully saturated rings. The Hall–Kier alpha value is -3.54. The Morgan fingerprint density at radius 2 is 1.62 bits per heavy atom. The van der Waals surface area contributed by atoms with Crippen LogP contribution < -0.4 is 20.9 Å². The maximum absolute atomic E-state index is 12.4. The molecule has 3 rings (SSSR count). The number of methoxy groups -OCH3 is 1. The van der Waals surface area contributed by atoms with E-state index in [9.17, 15) is 9.59 Å². The number of benzene rings is 3. The minimum atomic E-state index is -0.371. The zero-order valence-electron chi connectivity index (χ0n) is 14.3. The number of fused-ring (bicyclic) bond motifs is 1. The Bertz CT molecular complexity index is 935. The molecule has 0 radical (unpaired) electrons. The number of rotatable bonds is 5. The van der Waals surface area contributed by atoms with Crippen LogP contribution in [0.5, 0.6) is 5.75 Å². The summed E-state index contributed by atoms with van der Waals surface area (Å²) in [6.45, 7) is -0.00378. The van der Waals surface area contributed by atoms with Crippen molar-refractivity contribution in [3.63, 3.8) is 0 Å². The molecule has 0 aliphatic heterocycles. The summed E-state index contributed by atoms with van der Waals surface area (Å²) in [5.41, 5.74) is 6.06. The first-order chi connectivity index (χ1) is 12.7. The van der Waals surface area contributed by atoms with Gasteiger partial charge in [-0.1, -0.05) is 48.5 Å². The van der Waals surface area contributed by atoms with Crippen LogP contribution in [0.4, 0.5) is 5.69 Å². The third-order valence-electron chi connectivity index (χ3n) is 3.90. The Labute approximate surface area is 151 Å². The van der Waals surface area contributed by atoms with Gasteiger partial charge in [0.2, 0.25) is 0 Å². The van der Waals surface area contributed by atoms with E-state index in [2.05, 4.69) is 16.2 Å². The van der Waals surface area contributed by atoms with Gasteiger partial charge in [-0.3, -0.25) is 20.4 Å². The first-order valence-corrected chi connectivity index (χ1v) is 8.13. The molecular weight excluding hydrogens is 330 g/mol. The van der Waals surface area contributed by atoms with Crippen LogP contribution in [0.25, 0.3) is 10.8 Å². The van der Waals surface area contributed by atoms with Crippen molar-refractivity contribution in [1.82, 2.24) is 10.9 Å². The fourth-order valence-corrected chi connectivity index (χ4v) is 2.63. The van der Waals surface area contributed by atoms with Crippen molar-refractivity contribution >= 4 is 28.3 Å². The van der Waals surface area contributed by atoms with Crippen LogP contribution >= 0.6 is 0 Å². The van der Waals surface area contributed by atoms with E-state index in [1.54, 1.807) is 25.3 Å². The molecule has 26 heavy (non-hydrogen) atoms. The standard InChI is InChI=1S/C20H19N3O3/c1-26-18-12-5-4-11-17(18)21-13-19(24)22-23-20(25)16-10-6-8-14-7-2-3-9-15(14)16/h2-12,21H,13H2,1H3,(H,22,24)(H,23,25). The quantitative estimate of drug-likeness (QED) is 0.619. The average molecular weight is 349 g/mol. The van der Waals surface area contributed by atoms with Gasteiger partial charge in [-0.05, 0) is 29.0 Å². The predicted molar refractivity (Wildman–Crippen MR) is 101 cm³/mol. The van der Waals surface area contributed by atoms with Crippen LogP contribution in [-0.2, 0) is 4.79 Å². The second kappa shape index (κ2) is 8.02. The molecule has 3 aromatic carbocycles. The highest BCUT2D eigenvalue weighted by Gasteiger charge is 2.11. The van der Waals surface area contributed by atoms with E-state index in [-0.39, 0.29) is 18.4 Å². The lowest BCUT2D eigenvalue weighted by atomic mass is 10.0. The van der Waals surface area contributed by atoms with E-state index in [0.29, 0.717) is 17.0 Å². The van der Waals surface area contributed by atoms with Crippen LogP contribution in [0.15, 0.2) is 66.7 Å². The number of amides is 2. The summed E-state index contributed by atoms with van der Waals surface area (Å²) in [5.74, 6) is -0.1000. The number of hydrogen-bond acceptors (Lipinski definition) is 4. The summed E-state index contributed by atoms with van der Waals surface area (Å²) < 4.78 is 5.21. The molecule has 0 aromatic heterocycles. The first-order valence-electron chi connectivity index (χ1n) is 8.13. The van der Waals surface area contributed by atoms with Gasteiger partial charge in [0.15, 0.2) is 0 Å². The number of para-hydroxylation sites is 2. The SMILES string of the molecule is COc1ccccc1NCC(=O)NNC(=O)c1cccc2ccccc12. The molecule has 0 spiro atoms. The predicted octanol–water partition coefficient (Wildman–Crippen LogP) is 2.72. The molecule has 0 aliphatic rings. The number of hydrogen-bond donors (Lipinski definition) is 3. The van der Waals surface area contributed by atoms with E-state index in [1.165, 1.54) is 0 Å². The molecule has 3 N–H and O–H groups in total. The van der Waals surface area contributed by atoms with Gasteiger partial charge in [0, 0.05) is 5.56 Å². The van der Waals surface area contributed by atoms with Crippen molar-refractivity contribution in [2.75, 3.05) is 19.0 Å². The van der Waals surface area contributed by atoms with E-state index < -0.39 is 0 Å². The van der Waals surface area contributed by atoms with Crippen molar-refractivity contribution in [3.8, 4) is 5.75 Å². The molecule has 0 saturated heterocycles. The molecule has 0 saturated carbocycles. The lowest BCUT2D eigenvalue weighted by Gasteiger charge is -2.12. The fraction of sp³-hybridized carbons (Fsp3) is 0.100. The molecule has 0 unspecified atom stereocenters. The number of nitrogens with one attached hydrogen (secondary N) is 3. The van der Waals surface area contributed by atoms with Gasteiger partial charge >= 0.3 is 0 Å². The molecule has 2 amide bonds. The lowest BCUT2D eigenvalue weighted by molar-refractivity contribution is -0.120. The zero-order valence-corrected chi connectivity index (χ0v) is 14.3. The monoisotopic (exact) mass is 349 g/mol. The Morgan fingerprint density at radius 3 is 2.46 bits per heavy atom. The summed E-state index contributed by atoms with van der Waals surface area (Å²) in [4.78, 5) is 24.4.